The Balaban J connectivity index is 2.88. The third-order valence-corrected chi connectivity index (χ3v) is 1.34. The maximum atomic E-state index is 11.8. The zero-order valence-electron chi connectivity index (χ0n) is 7.34. The fourth-order valence-corrected chi connectivity index (χ4v) is 0.884. The molecule has 5 heteroatoms. The normalized spacial score (nSPS) is 10.1. The van der Waals surface area contributed by atoms with E-state index in [4.69, 9.17) is 0 Å². The molecule has 0 bridgehead atoms. The van der Waals surface area contributed by atoms with Crippen molar-refractivity contribution in [3.05, 3.63) is 29.8 Å². The molecule has 0 saturated carbocycles. The van der Waals surface area contributed by atoms with Crippen LogP contribution in [0.3, 0.4) is 0 Å². The number of halogens is 3. The molecule has 0 spiro atoms. The molecule has 0 N–H and O–H groups in total. The van der Waals surface area contributed by atoms with Gasteiger partial charge in [0.1, 0.15) is 5.75 Å². The minimum absolute atomic E-state index is 0.281. The lowest BCUT2D eigenvalue weighted by Crippen LogP contribution is -2.17. The molecule has 0 atom stereocenters. The molecule has 15 heavy (non-hydrogen) atoms. The summed E-state index contributed by atoms with van der Waals surface area (Å²) in [5, 5.41) is 0. The van der Waals surface area contributed by atoms with E-state index in [-0.39, 0.29) is 11.3 Å². The van der Waals surface area contributed by atoms with Crippen molar-refractivity contribution in [1.82, 2.24) is 0 Å². The zero-order valence-corrected chi connectivity index (χ0v) is 7.34. The summed E-state index contributed by atoms with van der Waals surface area (Å²) >= 11 is 0. The summed E-state index contributed by atoms with van der Waals surface area (Å²) < 4.78 is 39.1. The molecule has 0 unspecified atom stereocenters. The molecular formula is C10H5F3O2. The van der Waals surface area contributed by atoms with Gasteiger partial charge in [0.05, 0.1) is 0 Å². The first kappa shape index (κ1) is 11.1. The Bertz CT molecular complexity index is 413. The predicted octanol–water partition coefficient (Wildman–Crippen LogP) is 2.14. The maximum absolute atomic E-state index is 11.8. The third-order valence-electron chi connectivity index (χ3n) is 1.34. The van der Waals surface area contributed by atoms with Crippen LogP contribution in [-0.4, -0.2) is 12.6 Å². The molecule has 0 aliphatic carbocycles. The predicted molar refractivity (Wildman–Crippen MR) is 46.1 cm³/mol. The Hall–Kier alpha value is -1.96. The monoisotopic (exact) mass is 214 g/mol. The van der Waals surface area contributed by atoms with Crippen LogP contribution in [0.5, 0.6) is 5.75 Å². The fraction of sp³-hybridized carbons (Fsp3) is 0.100. The van der Waals surface area contributed by atoms with E-state index in [1.807, 2.05) is 0 Å². The van der Waals surface area contributed by atoms with Crippen molar-refractivity contribution in [2.24, 2.45) is 0 Å². The molecule has 0 radical (unpaired) electrons. The van der Waals surface area contributed by atoms with Gasteiger partial charge in [-0.3, -0.25) is 4.79 Å². The van der Waals surface area contributed by atoms with Gasteiger partial charge in [-0.25, -0.2) is 0 Å². The summed E-state index contributed by atoms with van der Waals surface area (Å²) in [6.45, 7) is 0. The fourth-order valence-electron chi connectivity index (χ4n) is 0.884. The molecule has 2 nitrogen and oxygen atoms in total. The Kier molecular flexibility index (Phi) is 3.34. The first-order valence-electron chi connectivity index (χ1n) is 3.82. The van der Waals surface area contributed by atoms with Gasteiger partial charge in [0.2, 0.25) is 0 Å². The number of carbonyl (C=O) groups is 1. The van der Waals surface area contributed by atoms with Crippen molar-refractivity contribution < 1.29 is 22.7 Å². The van der Waals surface area contributed by atoms with Crippen molar-refractivity contribution in [2.45, 2.75) is 6.36 Å². The number of aldehydes is 1. The lowest BCUT2D eigenvalue weighted by atomic mass is 10.2. The topological polar surface area (TPSA) is 26.3 Å². The Morgan fingerprint density at radius 3 is 2.67 bits per heavy atom. The number of carbonyl (C=O) groups excluding carboxylic acids is 1. The van der Waals surface area contributed by atoms with Crippen molar-refractivity contribution in [3.8, 4) is 17.6 Å². The molecule has 0 aromatic heterocycles. The van der Waals surface area contributed by atoms with Gasteiger partial charge in [-0.15, -0.1) is 13.2 Å². The Labute approximate surface area is 83.7 Å². The van der Waals surface area contributed by atoms with Crippen LogP contribution in [0, 0.1) is 11.8 Å². The lowest BCUT2D eigenvalue weighted by molar-refractivity contribution is -0.274. The summed E-state index contributed by atoms with van der Waals surface area (Å²) in [4.78, 5) is 9.91. The van der Waals surface area contributed by atoms with E-state index < -0.39 is 6.36 Å². The van der Waals surface area contributed by atoms with Crippen LogP contribution in [0.4, 0.5) is 13.2 Å². The van der Waals surface area contributed by atoms with Crippen molar-refractivity contribution in [3.63, 3.8) is 0 Å². The highest BCUT2D eigenvalue weighted by Crippen LogP contribution is 2.22. The summed E-state index contributed by atoms with van der Waals surface area (Å²) in [5.41, 5.74) is 0.281. The Morgan fingerprint density at radius 1 is 1.33 bits per heavy atom. The smallest absolute Gasteiger partial charge is 0.406 e. The molecule has 0 aliphatic heterocycles. The van der Waals surface area contributed by atoms with E-state index in [0.717, 1.165) is 12.1 Å². The van der Waals surface area contributed by atoms with Gasteiger partial charge in [-0.2, -0.15) is 0 Å². The van der Waals surface area contributed by atoms with Gasteiger partial charge in [-0.1, -0.05) is 12.0 Å². The molecule has 0 aliphatic rings. The molecule has 1 aromatic rings. The number of benzene rings is 1. The minimum atomic E-state index is -4.73. The molecule has 0 amide bonds. The van der Waals surface area contributed by atoms with Crippen LogP contribution in [0.2, 0.25) is 0 Å². The summed E-state index contributed by atoms with van der Waals surface area (Å²) in [6, 6.07) is 5.08. The van der Waals surface area contributed by atoms with Crippen LogP contribution < -0.4 is 4.74 Å². The quantitative estimate of drug-likeness (QED) is 0.528. The van der Waals surface area contributed by atoms with Crippen LogP contribution >= 0.6 is 0 Å². The molecule has 0 saturated heterocycles. The number of alkyl halides is 3. The van der Waals surface area contributed by atoms with Gasteiger partial charge >= 0.3 is 6.36 Å². The summed E-state index contributed by atoms with van der Waals surface area (Å²) in [7, 11) is 0. The average Bonchev–Trinajstić information content (AvgIpc) is 2.12. The highest BCUT2D eigenvalue weighted by atomic mass is 19.4. The van der Waals surface area contributed by atoms with E-state index in [1.165, 1.54) is 12.1 Å². The van der Waals surface area contributed by atoms with E-state index in [2.05, 4.69) is 16.6 Å². The highest BCUT2D eigenvalue weighted by molar-refractivity contribution is 5.74. The van der Waals surface area contributed by atoms with E-state index in [0.29, 0.717) is 6.29 Å². The largest absolute Gasteiger partial charge is 0.573 e. The van der Waals surface area contributed by atoms with E-state index in [1.54, 1.807) is 0 Å². The van der Waals surface area contributed by atoms with Gasteiger partial charge in [0.15, 0.2) is 6.29 Å². The first-order valence-corrected chi connectivity index (χ1v) is 3.82. The second kappa shape index (κ2) is 4.51. The van der Waals surface area contributed by atoms with E-state index in [9.17, 15) is 18.0 Å². The summed E-state index contributed by atoms with van der Waals surface area (Å²) in [6.07, 6.45) is -4.37. The van der Waals surface area contributed by atoms with Gasteiger partial charge in [0.25, 0.3) is 0 Å². The molecule has 0 fully saturated rings. The highest BCUT2D eigenvalue weighted by Gasteiger charge is 2.30. The molecule has 1 rings (SSSR count). The minimum Gasteiger partial charge on any atom is -0.406 e. The number of rotatable bonds is 1. The maximum Gasteiger partial charge on any atom is 0.573 e. The second-order valence-electron chi connectivity index (χ2n) is 2.46. The number of ether oxygens (including phenoxy) is 1. The van der Waals surface area contributed by atoms with Gasteiger partial charge in [-0.05, 0) is 24.1 Å². The van der Waals surface area contributed by atoms with Gasteiger partial charge in [0, 0.05) is 5.56 Å². The number of hydrogen-bond acceptors (Lipinski definition) is 2. The zero-order chi connectivity index (χ0) is 11.3. The van der Waals surface area contributed by atoms with Crippen LogP contribution in [0.1, 0.15) is 5.56 Å². The van der Waals surface area contributed by atoms with Crippen molar-refractivity contribution in [2.75, 3.05) is 0 Å². The third kappa shape index (κ3) is 4.18. The Morgan fingerprint density at radius 2 is 2.07 bits per heavy atom. The van der Waals surface area contributed by atoms with Gasteiger partial charge < -0.3 is 4.74 Å². The van der Waals surface area contributed by atoms with E-state index >= 15 is 0 Å². The summed E-state index contributed by atoms with van der Waals surface area (Å²) in [5.74, 6) is 4.08. The molecule has 78 valence electrons. The average molecular weight is 214 g/mol. The van der Waals surface area contributed by atoms with Crippen molar-refractivity contribution in [1.29, 1.82) is 0 Å². The standard InChI is InChI=1S/C10H5F3O2/c11-10(12,13)15-9-5-1-3-8(7-9)4-2-6-14/h1,3,5-7H. The second-order valence-corrected chi connectivity index (χ2v) is 2.46. The van der Waals surface area contributed by atoms with Crippen molar-refractivity contribution >= 4 is 6.29 Å². The molecule has 1 aromatic carbocycles. The van der Waals surface area contributed by atoms with Crippen LogP contribution in [-0.2, 0) is 4.79 Å². The molecule has 0 heterocycles. The number of hydrogen-bond donors (Lipinski definition) is 0. The molecular weight excluding hydrogens is 209 g/mol. The van der Waals surface area contributed by atoms with Crippen LogP contribution in [0.25, 0.3) is 0 Å². The first-order chi connectivity index (χ1) is 7.01. The van der Waals surface area contributed by atoms with Crippen LogP contribution in [0.15, 0.2) is 24.3 Å². The lowest BCUT2D eigenvalue weighted by Gasteiger charge is -2.08. The SMILES string of the molecule is O=CC#Cc1cccc(OC(F)(F)F)c1.